The van der Waals surface area contributed by atoms with Crippen molar-refractivity contribution in [2.45, 2.75) is 13.0 Å². The number of nitrogens with one attached hydrogen (secondary N) is 1. The Kier molecular flexibility index (Phi) is 3.93. The molecule has 3 rings (SSSR count). The molecule has 116 valence electrons. The van der Waals surface area contributed by atoms with Crippen molar-refractivity contribution < 1.29 is 9.18 Å². The topological polar surface area (TPSA) is 51.1 Å². The number of fused-ring (bicyclic) bond motifs is 1. The summed E-state index contributed by atoms with van der Waals surface area (Å²) in [5, 5.41) is 4.08. The number of amides is 1. The minimum atomic E-state index is -0.683. The third kappa shape index (κ3) is 2.99. The quantitative estimate of drug-likeness (QED) is 0.806. The first kappa shape index (κ1) is 15.0. The van der Waals surface area contributed by atoms with Gasteiger partial charge in [0.15, 0.2) is 0 Å². The Morgan fingerprint density at radius 2 is 1.78 bits per heavy atom. The third-order valence-electron chi connectivity index (χ3n) is 3.75. The molecule has 0 aliphatic heterocycles. The first-order valence-corrected chi connectivity index (χ1v) is 7.22. The monoisotopic (exact) mass is 310 g/mol. The smallest absolute Gasteiger partial charge is 0.259 e. The van der Waals surface area contributed by atoms with Gasteiger partial charge < -0.3 is 9.88 Å². The van der Waals surface area contributed by atoms with E-state index in [1.54, 1.807) is 31.3 Å². The molecule has 0 radical (unpaired) electrons. The number of carbonyl (C=O) groups is 1. The maximum Gasteiger partial charge on any atom is 0.259 e. The molecule has 0 aliphatic rings. The second-order valence-corrected chi connectivity index (χ2v) is 5.29. The second-order valence-electron chi connectivity index (χ2n) is 5.29. The van der Waals surface area contributed by atoms with E-state index in [1.165, 1.54) is 28.8 Å². The Labute approximate surface area is 132 Å². The molecule has 23 heavy (non-hydrogen) atoms. The van der Waals surface area contributed by atoms with Crippen molar-refractivity contribution >= 4 is 22.4 Å². The van der Waals surface area contributed by atoms with Crippen molar-refractivity contribution in [2.24, 2.45) is 0 Å². The molecule has 2 aromatic carbocycles. The van der Waals surface area contributed by atoms with E-state index in [4.69, 9.17) is 0 Å². The van der Waals surface area contributed by atoms with Crippen molar-refractivity contribution in [2.75, 3.05) is 5.32 Å². The minimum Gasteiger partial charge on any atom is -0.324 e. The lowest BCUT2D eigenvalue weighted by atomic mass is 10.1. The molecule has 0 spiro atoms. The van der Waals surface area contributed by atoms with Gasteiger partial charge in [-0.25, -0.2) is 4.39 Å². The Morgan fingerprint density at radius 1 is 1.09 bits per heavy atom. The van der Waals surface area contributed by atoms with Gasteiger partial charge >= 0.3 is 0 Å². The maximum absolute atomic E-state index is 12.9. The maximum atomic E-state index is 12.9. The van der Waals surface area contributed by atoms with Crippen LogP contribution in [0, 0.1) is 5.82 Å². The number of pyridine rings is 1. The molecule has 0 fully saturated rings. The summed E-state index contributed by atoms with van der Waals surface area (Å²) in [6.07, 6.45) is 1.61. The van der Waals surface area contributed by atoms with Gasteiger partial charge in [-0.15, -0.1) is 0 Å². The largest absolute Gasteiger partial charge is 0.324 e. The third-order valence-corrected chi connectivity index (χ3v) is 3.75. The van der Waals surface area contributed by atoms with Crippen LogP contribution in [-0.4, -0.2) is 10.5 Å². The highest BCUT2D eigenvalue weighted by molar-refractivity contribution is 5.93. The van der Waals surface area contributed by atoms with Gasteiger partial charge in [0.05, 0.1) is 0 Å². The van der Waals surface area contributed by atoms with Crippen LogP contribution in [0.4, 0.5) is 10.1 Å². The summed E-state index contributed by atoms with van der Waals surface area (Å²) < 4.78 is 14.3. The highest BCUT2D eigenvalue weighted by Crippen LogP contribution is 2.14. The SMILES string of the molecule is CC(C(=O)Nc1ccc(F)cc1)n1ccc2ccccc2c1=O. The van der Waals surface area contributed by atoms with E-state index >= 15 is 0 Å². The minimum absolute atomic E-state index is 0.218. The van der Waals surface area contributed by atoms with Crippen LogP contribution in [0.1, 0.15) is 13.0 Å². The molecule has 1 unspecified atom stereocenters. The fraction of sp³-hybridized carbons (Fsp3) is 0.111. The lowest BCUT2D eigenvalue weighted by Gasteiger charge is -2.16. The molecule has 0 saturated carbocycles. The van der Waals surface area contributed by atoms with Gasteiger partial charge in [0, 0.05) is 17.3 Å². The molecule has 0 saturated heterocycles. The average Bonchev–Trinajstić information content (AvgIpc) is 2.57. The summed E-state index contributed by atoms with van der Waals surface area (Å²) in [5.74, 6) is -0.712. The molecule has 0 aliphatic carbocycles. The summed E-state index contributed by atoms with van der Waals surface area (Å²) in [6, 6.07) is 13.8. The van der Waals surface area contributed by atoms with Crippen LogP contribution in [0.5, 0.6) is 0 Å². The van der Waals surface area contributed by atoms with E-state index < -0.39 is 6.04 Å². The predicted molar refractivity (Wildman–Crippen MR) is 87.9 cm³/mol. The molecule has 1 atom stereocenters. The molecule has 5 heteroatoms. The summed E-state index contributed by atoms with van der Waals surface area (Å²) >= 11 is 0. The molecule has 1 N–H and O–H groups in total. The number of hydrogen-bond donors (Lipinski definition) is 1. The number of hydrogen-bond acceptors (Lipinski definition) is 2. The van der Waals surface area contributed by atoms with E-state index in [9.17, 15) is 14.0 Å². The van der Waals surface area contributed by atoms with Crippen LogP contribution in [0.3, 0.4) is 0 Å². The van der Waals surface area contributed by atoms with Crippen molar-refractivity contribution in [3.05, 3.63) is 77.0 Å². The Hall–Kier alpha value is -2.95. The van der Waals surface area contributed by atoms with Crippen LogP contribution in [0.15, 0.2) is 65.6 Å². The van der Waals surface area contributed by atoms with Gasteiger partial charge in [0.25, 0.3) is 5.56 Å². The van der Waals surface area contributed by atoms with Crippen molar-refractivity contribution in [3.8, 4) is 0 Å². The van der Waals surface area contributed by atoms with Crippen LogP contribution in [-0.2, 0) is 4.79 Å². The fourth-order valence-electron chi connectivity index (χ4n) is 2.42. The molecular formula is C18H15FN2O2. The van der Waals surface area contributed by atoms with E-state index in [-0.39, 0.29) is 17.3 Å². The van der Waals surface area contributed by atoms with Gasteiger partial charge in [-0.3, -0.25) is 9.59 Å². The van der Waals surface area contributed by atoms with Crippen molar-refractivity contribution in [3.63, 3.8) is 0 Å². The molecule has 4 nitrogen and oxygen atoms in total. The van der Waals surface area contributed by atoms with Crippen LogP contribution >= 0.6 is 0 Å². The summed E-state index contributed by atoms with van der Waals surface area (Å²) in [7, 11) is 0. The molecule has 1 heterocycles. The lowest BCUT2D eigenvalue weighted by molar-refractivity contribution is -0.118. The Balaban J connectivity index is 1.89. The van der Waals surface area contributed by atoms with Gasteiger partial charge in [0.2, 0.25) is 5.91 Å². The van der Waals surface area contributed by atoms with Crippen molar-refractivity contribution in [1.82, 2.24) is 4.57 Å². The molecule has 1 amide bonds. The van der Waals surface area contributed by atoms with Gasteiger partial charge in [0.1, 0.15) is 11.9 Å². The van der Waals surface area contributed by atoms with Gasteiger partial charge in [-0.1, -0.05) is 18.2 Å². The Morgan fingerprint density at radius 3 is 2.52 bits per heavy atom. The first-order valence-electron chi connectivity index (χ1n) is 7.22. The van der Waals surface area contributed by atoms with Gasteiger partial charge in [-0.2, -0.15) is 0 Å². The Bertz CT molecular complexity index is 916. The number of rotatable bonds is 3. The number of nitrogens with zero attached hydrogens (tertiary/aromatic N) is 1. The second kappa shape index (κ2) is 6.04. The molecule has 1 aromatic heterocycles. The van der Waals surface area contributed by atoms with E-state index in [2.05, 4.69) is 5.32 Å². The standard InChI is InChI=1S/C18H15FN2O2/c1-12(17(22)20-15-8-6-14(19)7-9-15)21-11-10-13-4-2-3-5-16(13)18(21)23/h2-12H,1H3,(H,20,22). The normalized spacial score (nSPS) is 12.1. The van der Waals surface area contributed by atoms with E-state index in [0.717, 1.165) is 5.39 Å². The zero-order valence-electron chi connectivity index (χ0n) is 12.5. The number of anilines is 1. The highest BCUT2D eigenvalue weighted by atomic mass is 19.1. The molecule has 3 aromatic rings. The summed E-state index contributed by atoms with van der Waals surface area (Å²) in [4.78, 5) is 24.8. The number of halogens is 1. The van der Waals surface area contributed by atoms with E-state index in [1.807, 2.05) is 12.1 Å². The molecular weight excluding hydrogens is 295 g/mol. The van der Waals surface area contributed by atoms with Gasteiger partial charge in [-0.05, 0) is 48.7 Å². The zero-order chi connectivity index (χ0) is 16.4. The lowest BCUT2D eigenvalue weighted by Crippen LogP contribution is -2.31. The number of aromatic nitrogens is 1. The number of carbonyl (C=O) groups excluding carboxylic acids is 1. The van der Waals surface area contributed by atoms with E-state index in [0.29, 0.717) is 11.1 Å². The average molecular weight is 310 g/mol. The zero-order valence-corrected chi connectivity index (χ0v) is 12.5. The van der Waals surface area contributed by atoms with Crippen LogP contribution in [0.2, 0.25) is 0 Å². The summed E-state index contributed by atoms with van der Waals surface area (Å²) in [6.45, 7) is 1.65. The predicted octanol–water partition coefficient (Wildman–Crippen LogP) is 3.34. The first-order chi connectivity index (χ1) is 11.1. The van der Waals surface area contributed by atoms with Crippen LogP contribution in [0.25, 0.3) is 10.8 Å². The highest BCUT2D eigenvalue weighted by Gasteiger charge is 2.17. The fourth-order valence-corrected chi connectivity index (χ4v) is 2.42. The summed E-state index contributed by atoms with van der Waals surface area (Å²) in [5.41, 5.74) is 0.266. The number of benzene rings is 2. The van der Waals surface area contributed by atoms with Crippen molar-refractivity contribution in [1.29, 1.82) is 0 Å². The van der Waals surface area contributed by atoms with Crippen LogP contribution < -0.4 is 10.9 Å². The molecule has 0 bridgehead atoms.